The fraction of sp³-hybridized carbons (Fsp3) is 0.200. The average Bonchev–Trinajstić information content (AvgIpc) is 4.05. The number of anilines is 2. The Morgan fingerprint density at radius 1 is 0.576 bits per heavy atom. The number of furan rings is 2. The van der Waals surface area contributed by atoms with E-state index in [2.05, 4.69) is 192 Å². The summed E-state index contributed by atoms with van der Waals surface area (Å²) in [7, 11) is 0.780. The number of nitrogens with zero attached hydrogens (tertiary/aromatic N) is 1. The zero-order chi connectivity index (χ0) is 44.6. The van der Waals surface area contributed by atoms with Crippen LogP contribution >= 0.6 is 11.3 Å². The van der Waals surface area contributed by atoms with Gasteiger partial charge in [0.2, 0.25) is 0 Å². The molecule has 0 saturated carbocycles. The maximum Gasteiger partial charge on any atom is 0.198 e. The molecular formula is C60H49BN2O2S. The van der Waals surface area contributed by atoms with Crippen molar-refractivity contribution in [1.29, 1.82) is 0 Å². The number of nitrogens with one attached hydrogen (secondary N) is 1. The van der Waals surface area contributed by atoms with Gasteiger partial charge in [0.25, 0.3) is 0 Å². The summed E-state index contributed by atoms with van der Waals surface area (Å²) >= 11 is 1.93. The largest absolute Gasteiger partial charge is 0.456 e. The summed E-state index contributed by atoms with van der Waals surface area (Å²) in [4.78, 5) is 0. The smallest absolute Gasteiger partial charge is 0.198 e. The molecule has 0 bridgehead atoms. The molecule has 0 spiro atoms. The highest BCUT2D eigenvalue weighted by atomic mass is 32.1. The molecule has 2 aliphatic rings. The van der Waals surface area contributed by atoms with E-state index in [0.717, 1.165) is 57.1 Å². The van der Waals surface area contributed by atoms with Crippen LogP contribution in [0.25, 0.3) is 103 Å². The zero-order valence-electron chi connectivity index (χ0n) is 38.5. The summed E-state index contributed by atoms with van der Waals surface area (Å²) in [5.74, 6) is 0. The van der Waals surface area contributed by atoms with E-state index in [4.69, 9.17) is 8.83 Å². The minimum absolute atomic E-state index is 0.0669. The maximum absolute atomic E-state index is 6.59. The molecule has 4 aromatic heterocycles. The van der Waals surface area contributed by atoms with Gasteiger partial charge in [-0.1, -0.05) is 121 Å². The van der Waals surface area contributed by atoms with Crippen LogP contribution in [0.5, 0.6) is 0 Å². The molecular weight excluding hydrogens is 824 g/mol. The van der Waals surface area contributed by atoms with Gasteiger partial charge in [0.15, 0.2) is 7.28 Å². The molecule has 0 unspecified atom stereocenters. The van der Waals surface area contributed by atoms with Crippen molar-refractivity contribution in [2.45, 2.75) is 77.6 Å². The van der Waals surface area contributed by atoms with Crippen LogP contribution in [-0.4, -0.2) is 11.8 Å². The van der Waals surface area contributed by atoms with Crippen molar-refractivity contribution in [3.8, 4) is 16.8 Å². The molecule has 12 aromatic rings. The van der Waals surface area contributed by atoms with E-state index in [0.29, 0.717) is 0 Å². The van der Waals surface area contributed by atoms with Gasteiger partial charge in [-0.05, 0) is 117 Å². The summed E-state index contributed by atoms with van der Waals surface area (Å²) in [5.41, 5.74) is 19.2. The first-order chi connectivity index (χ1) is 31.8. The number of aromatic nitrogens is 1. The van der Waals surface area contributed by atoms with Gasteiger partial charge in [-0.15, -0.1) is 11.3 Å². The molecule has 0 saturated heterocycles. The van der Waals surface area contributed by atoms with Crippen molar-refractivity contribution in [2.75, 3.05) is 5.32 Å². The minimum atomic E-state index is 0.0669. The van der Waals surface area contributed by atoms with Crippen LogP contribution in [0.15, 0.2) is 142 Å². The Morgan fingerprint density at radius 3 is 2.03 bits per heavy atom. The Kier molecular flexibility index (Phi) is 7.58. The number of thiophene rings is 1. The van der Waals surface area contributed by atoms with Crippen LogP contribution in [0.2, 0.25) is 0 Å². The Labute approximate surface area is 388 Å². The van der Waals surface area contributed by atoms with E-state index in [1.54, 1.807) is 0 Å². The van der Waals surface area contributed by atoms with Gasteiger partial charge in [-0.25, -0.2) is 0 Å². The molecule has 1 aliphatic heterocycles. The van der Waals surface area contributed by atoms with Crippen molar-refractivity contribution in [1.82, 2.24) is 4.57 Å². The predicted molar refractivity (Wildman–Crippen MR) is 284 cm³/mol. The van der Waals surface area contributed by atoms with E-state index in [9.17, 15) is 0 Å². The second-order valence-electron chi connectivity index (χ2n) is 21.6. The van der Waals surface area contributed by atoms with Gasteiger partial charge < -0.3 is 18.7 Å². The second-order valence-corrected chi connectivity index (χ2v) is 22.7. The number of benzene rings is 8. The van der Waals surface area contributed by atoms with Crippen molar-refractivity contribution < 1.29 is 8.83 Å². The highest BCUT2D eigenvalue weighted by Crippen LogP contribution is 2.51. The summed E-state index contributed by atoms with van der Waals surface area (Å²) < 4.78 is 18.3. The van der Waals surface area contributed by atoms with E-state index >= 15 is 0 Å². The first-order valence-electron chi connectivity index (χ1n) is 23.6. The fourth-order valence-corrected chi connectivity index (χ4v) is 13.1. The molecule has 0 atom stereocenters. The van der Waals surface area contributed by atoms with Crippen LogP contribution < -0.4 is 16.2 Å². The van der Waals surface area contributed by atoms with Crippen LogP contribution in [0, 0.1) is 0 Å². The van der Waals surface area contributed by atoms with Gasteiger partial charge in [-0.3, -0.25) is 0 Å². The number of hydrogen-bond donors (Lipinski definition) is 1. The van der Waals surface area contributed by atoms with E-state index in [-0.39, 0.29) is 16.2 Å². The van der Waals surface area contributed by atoms with E-state index in [1.807, 2.05) is 11.3 Å². The predicted octanol–water partition coefficient (Wildman–Crippen LogP) is 15.7. The molecule has 0 radical (unpaired) electrons. The Bertz CT molecular complexity index is 4090. The third-order valence-corrected chi connectivity index (χ3v) is 16.7. The zero-order valence-corrected chi connectivity index (χ0v) is 39.3. The van der Waals surface area contributed by atoms with Crippen molar-refractivity contribution in [3.63, 3.8) is 0 Å². The van der Waals surface area contributed by atoms with Gasteiger partial charge in [0.1, 0.15) is 22.3 Å². The first kappa shape index (κ1) is 38.5. The van der Waals surface area contributed by atoms with Crippen LogP contribution in [0.3, 0.4) is 0 Å². The molecule has 14 rings (SSSR count). The summed E-state index contributed by atoms with van der Waals surface area (Å²) in [6.45, 7) is 16.6. The number of para-hydroxylation sites is 2. The molecule has 5 heterocycles. The van der Waals surface area contributed by atoms with Crippen molar-refractivity contribution >= 4 is 127 Å². The molecule has 0 amide bonds. The lowest BCUT2D eigenvalue weighted by Crippen LogP contribution is -2.37. The monoisotopic (exact) mass is 872 g/mol. The van der Waals surface area contributed by atoms with Crippen LogP contribution in [0.4, 0.5) is 11.4 Å². The van der Waals surface area contributed by atoms with Gasteiger partial charge in [0.05, 0.1) is 5.52 Å². The van der Waals surface area contributed by atoms with Crippen molar-refractivity contribution in [3.05, 3.63) is 150 Å². The molecule has 320 valence electrons. The number of fused-ring (bicyclic) bond motifs is 16. The highest BCUT2D eigenvalue weighted by molar-refractivity contribution is 7.25. The fourth-order valence-electron chi connectivity index (χ4n) is 11.9. The maximum atomic E-state index is 6.59. The van der Waals surface area contributed by atoms with E-state index < -0.39 is 0 Å². The van der Waals surface area contributed by atoms with Crippen molar-refractivity contribution in [2.24, 2.45) is 0 Å². The first-order valence-corrected chi connectivity index (χ1v) is 24.4. The Balaban J connectivity index is 1.08. The van der Waals surface area contributed by atoms with Gasteiger partial charge in [-0.2, -0.15) is 0 Å². The van der Waals surface area contributed by atoms with Crippen LogP contribution in [0.1, 0.15) is 78.0 Å². The Morgan fingerprint density at radius 2 is 1.26 bits per heavy atom. The molecule has 1 N–H and O–H groups in total. The molecule has 6 heteroatoms. The SMILES string of the molecule is CC(C)(C)c1ccc(Nc2cc3sc4cc5c(cc4c3cc2-c2ccc3c4c6c(ccc4n4c3c2Bc2cc3c(cc2-4)oc2ccccc23)oc2ccccc26)C(C)(C)CCC5(C)C)cc1. The summed E-state index contributed by atoms with van der Waals surface area (Å²) in [6.07, 6.45) is 2.39. The third-order valence-electron chi connectivity index (χ3n) is 15.6. The van der Waals surface area contributed by atoms with Gasteiger partial charge in [0, 0.05) is 86.7 Å². The van der Waals surface area contributed by atoms with E-state index in [1.165, 1.54) is 105 Å². The number of rotatable bonds is 3. The molecule has 8 aromatic carbocycles. The average molecular weight is 873 g/mol. The lowest BCUT2D eigenvalue weighted by atomic mass is 9.59. The normalized spacial score (nSPS) is 15.4. The lowest BCUT2D eigenvalue weighted by molar-refractivity contribution is 0.332. The standard InChI is InChI=1S/C60H49BN2O2S/c1-58(2,3)32-16-18-33(19-17-32)62-45-30-53-40(41-27-42-43(29-52(41)66-53)60(6,7)25-24-59(42,4)5)26-38(45)35-20-21-37-54-46(22-23-50-55(54)36-13-9-11-15-49(36)64-50)63-47-31-51-39(28-44(47)61-56(35)57(37)63)34-12-8-10-14-48(34)65-51/h8-23,26-31,61-62H,24-25H2,1-7H3. The topological polar surface area (TPSA) is 43.2 Å². The highest BCUT2D eigenvalue weighted by Gasteiger charge is 2.38. The summed E-state index contributed by atoms with van der Waals surface area (Å²) in [5, 5.41) is 13.8. The second kappa shape index (κ2) is 13.0. The molecule has 4 nitrogen and oxygen atoms in total. The van der Waals surface area contributed by atoms with Gasteiger partial charge >= 0.3 is 0 Å². The number of hydrogen-bond acceptors (Lipinski definition) is 4. The minimum Gasteiger partial charge on any atom is -0.456 e. The lowest BCUT2D eigenvalue weighted by Gasteiger charge is -2.41. The summed E-state index contributed by atoms with van der Waals surface area (Å²) in [6, 6.07) is 50.0. The molecule has 66 heavy (non-hydrogen) atoms. The molecule has 1 aliphatic carbocycles. The van der Waals surface area contributed by atoms with Crippen LogP contribution in [-0.2, 0) is 16.2 Å². The molecule has 0 fully saturated rings. The Hall–Kier alpha value is -6.76. The third kappa shape index (κ3) is 5.33. The quantitative estimate of drug-likeness (QED) is 0.180.